The van der Waals surface area contributed by atoms with Crippen LogP contribution < -0.4 is 0 Å². The summed E-state index contributed by atoms with van der Waals surface area (Å²) in [5.74, 6) is -15.6. The molecule has 1 rings (SSSR count). The van der Waals surface area contributed by atoms with Crippen LogP contribution >= 0.6 is 0 Å². The van der Waals surface area contributed by atoms with Crippen molar-refractivity contribution in [2.24, 2.45) is 0 Å². The maximum atomic E-state index is 12.3. The Balaban J connectivity index is 0. The van der Waals surface area contributed by atoms with Crippen molar-refractivity contribution in [1.82, 2.24) is 0 Å². The summed E-state index contributed by atoms with van der Waals surface area (Å²) in [5.41, 5.74) is 0. The van der Waals surface area contributed by atoms with Gasteiger partial charge in [0, 0.05) is 26.9 Å². The second kappa shape index (κ2) is 11.2. The normalized spacial score (nSPS) is 15.6. The molecule has 0 spiro atoms. The van der Waals surface area contributed by atoms with Gasteiger partial charge in [0.25, 0.3) is 0 Å². The summed E-state index contributed by atoms with van der Waals surface area (Å²) in [5, 5.41) is 0. The second-order valence-corrected chi connectivity index (χ2v) is 4.19. The number of carbonyl (C=O) groups excluding carboxylic acids is 3. The van der Waals surface area contributed by atoms with E-state index in [1.165, 1.54) is 25.7 Å². The number of hydrogen-bond donors (Lipinski definition) is 0. The zero-order valence-corrected chi connectivity index (χ0v) is 13.3. The van der Waals surface area contributed by atoms with E-state index in [2.05, 4.69) is 24.3 Å². The van der Waals surface area contributed by atoms with Crippen molar-refractivity contribution in [3.63, 3.8) is 0 Å². The van der Waals surface area contributed by atoms with Crippen LogP contribution in [0.15, 0.2) is 24.3 Å². The Hall–Kier alpha value is -1.39. The molecule has 11 heteroatoms. The average molecular weight is 454 g/mol. The van der Waals surface area contributed by atoms with Crippen LogP contribution in [0.4, 0.5) is 26.5 Å². The molecule has 24 heavy (non-hydrogen) atoms. The number of rotatable bonds is 3. The third kappa shape index (κ3) is 8.46. The fourth-order valence-corrected chi connectivity index (χ4v) is 1.30. The molecule has 0 amide bonds. The first kappa shape index (κ1) is 24.9. The molecule has 1 aliphatic rings. The van der Waals surface area contributed by atoms with Crippen LogP contribution in [0, 0.1) is 0 Å². The standard InChI is InChI=1S/C8H12.C5F6O4.Ag/c1-2-4-6-8-7-5-3-1;6-4(7,1(12)2(13)15-11)3(14)5(8,9)10;/h1-2,7-8H,3-6H2;;/b2-1-,8-7?;;. The van der Waals surface area contributed by atoms with Gasteiger partial charge in [0.05, 0.1) is 0 Å². The summed E-state index contributed by atoms with van der Waals surface area (Å²) in [6.45, 7) is 0. The van der Waals surface area contributed by atoms with E-state index < -0.39 is 29.6 Å². The molecular formula is C13H12AgF6O4. The first-order valence-electron chi connectivity index (χ1n) is 6.22. The summed E-state index contributed by atoms with van der Waals surface area (Å²) < 4.78 is 69.8. The summed E-state index contributed by atoms with van der Waals surface area (Å²) in [6.07, 6.45) is 7.97. The van der Waals surface area contributed by atoms with E-state index in [9.17, 15) is 40.9 Å². The maximum absolute atomic E-state index is 12.3. The molecule has 0 atom stereocenters. The van der Waals surface area contributed by atoms with Crippen LogP contribution in [0.2, 0.25) is 0 Å². The zero-order chi connectivity index (χ0) is 18.1. The largest absolute Gasteiger partial charge is 0.456 e. The number of carbonyl (C=O) groups is 3. The van der Waals surface area contributed by atoms with Gasteiger partial charge < -0.3 is 0 Å². The third-order valence-electron chi connectivity index (χ3n) is 2.42. The smallest absolute Gasteiger partial charge is 0.282 e. The number of ketones is 2. The molecule has 0 unspecified atom stereocenters. The molecule has 0 fully saturated rings. The number of allylic oxidation sites excluding steroid dienone is 4. The van der Waals surface area contributed by atoms with Crippen LogP contribution in [0.25, 0.3) is 0 Å². The van der Waals surface area contributed by atoms with E-state index in [4.69, 9.17) is 0 Å². The van der Waals surface area contributed by atoms with Gasteiger partial charge in [-0.15, -0.1) is 0 Å². The molecule has 0 aromatic rings. The second-order valence-electron chi connectivity index (χ2n) is 4.19. The van der Waals surface area contributed by atoms with E-state index in [1.54, 1.807) is 0 Å². The van der Waals surface area contributed by atoms with Crippen LogP contribution in [0.3, 0.4) is 0 Å². The van der Waals surface area contributed by atoms with Gasteiger partial charge >= 0.3 is 29.6 Å². The summed E-state index contributed by atoms with van der Waals surface area (Å²) in [7, 11) is 0. The van der Waals surface area contributed by atoms with E-state index in [-0.39, 0.29) is 22.4 Å². The average Bonchev–Trinajstić information content (AvgIpc) is 2.43. The molecule has 0 aliphatic heterocycles. The van der Waals surface area contributed by atoms with Gasteiger partial charge in [0.1, 0.15) is 0 Å². The molecule has 1 radical (unpaired) electrons. The van der Waals surface area contributed by atoms with E-state index in [1.807, 2.05) is 4.94 Å². The molecule has 141 valence electrons. The van der Waals surface area contributed by atoms with Gasteiger partial charge in [-0.05, 0) is 25.7 Å². The zero-order valence-electron chi connectivity index (χ0n) is 11.8. The Morgan fingerprint density at radius 1 is 0.792 bits per heavy atom. The predicted octanol–water partition coefficient (Wildman–Crippen LogP) is 3.42. The van der Waals surface area contributed by atoms with Gasteiger partial charge in [0.15, 0.2) is 0 Å². The van der Waals surface area contributed by atoms with Crippen molar-refractivity contribution in [3.8, 4) is 0 Å². The van der Waals surface area contributed by atoms with Crippen molar-refractivity contribution in [2.75, 3.05) is 0 Å². The number of hydrogen-bond acceptors (Lipinski definition) is 4. The molecule has 0 bridgehead atoms. The topological polar surface area (TPSA) is 60.4 Å². The van der Waals surface area contributed by atoms with Crippen molar-refractivity contribution >= 4 is 17.5 Å². The van der Waals surface area contributed by atoms with Gasteiger partial charge in [-0.1, -0.05) is 24.3 Å². The molecule has 0 aromatic heterocycles. The number of Topliss-reactive ketones (excluding diaryl/α,β-unsaturated/α-hetero) is 2. The van der Waals surface area contributed by atoms with E-state index >= 15 is 0 Å². The third-order valence-corrected chi connectivity index (χ3v) is 2.42. The number of halogens is 6. The van der Waals surface area contributed by atoms with Crippen LogP contribution in [-0.4, -0.2) is 29.6 Å². The van der Waals surface area contributed by atoms with Crippen LogP contribution in [-0.2, 0) is 41.7 Å². The SMILES string of the molecule is C1=CCC/C=C\CC1.O=C(OF)C(=O)C(F)(F)C(=O)C(F)(F)F.[Ag]. The quantitative estimate of drug-likeness (QED) is 0.216. The maximum Gasteiger partial charge on any atom is 0.456 e. The van der Waals surface area contributed by atoms with Crippen LogP contribution in [0.1, 0.15) is 25.7 Å². The minimum absolute atomic E-state index is 0. The summed E-state index contributed by atoms with van der Waals surface area (Å²) in [4.78, 5) is 31.8. The van der Waals surface area contributed by atoms with Gasteiger partial charge in [-0.25, -0.2) is 9.74 Å². The first-order chi connectivity index (χ1) is 10.5. The summed E-state index contributed by atoms with van der Waals surface area (Å²) >= 11 is 0. The first-order valence-corrected chi connectivity index (χ1v) is 6.22. The van der Waals surface area contributed by atoms with Crippen molar-refractivity contribution in [2.45, 2.75) is 37.8 Å². The Morgan fingerprint density at radius 3 is 1.38 bits per heavy atom. The Kier molecular flexibility index (Phi) is 11.6. The van der Waals surface area contributed by atoms with Crippen molar-refractivity contribution in [1.29, 1.82) is 0 Å². The predicted molar refractivity (Wildman–Crippen MR) is 65.0 cm³/mol. The minimum Gasteiger partial charge on any atom is -0.282 e. The summed E-state index contributed by atoms with van der Waals surface area (Å²) in [6, 6.07) is 0. The number of alkyl halides is 5. The Morgan fingerprint density at radius 2 is 1.12 bits per heavy atom. The van der Waals surface area contributed by atoms with Gasteiger partial charge in [-0.3, -0.25) is 9.59 Å². The van der Waals surface area contributed by atoms with Gasteiger partial charge in [0.2, 0.25) is 0 Å². The molecule has 0 N–H and O–H groups in total. The van der Waals surface area contributed by atoms with E-state index in [0.29, 0.717) is 0 Å². The van der Waals surface area contributed by atoms with Gasteiger partial charge in [-0.2, -0.15) is 22.0 Å². The van der Waals surface area contributed by atoms with E-state index in [0.717, 1.165) is 0 Å². The monoisotopic (exact) mass is 453 g/mol. The van der Waals surface area contributed by atoms with Crippen LogP contribution in [0.5, 0.6) is 0 Å². The molecular weight excluding hydrogens is 442 g/mol. The fraction of sp³-hybridized carbons (Fsp3) is 0.462. The van der Waals surface area contributed by atoms with Crippen molar-refractivity contribution in [3.05, 3.63) is 24.3 Å². The fourth-order valence-electron chi connectivity index (χ4n) is 1.30. The van der Waals surface area contributed by atoms with Crippen molar-refractivity contribution < 1.29 is 68.2 Å². The molecule has 1 aliphatic carbocycles. The Labute approximate surface area is 148 Å². The molecule has 0 aromatic carbocycles. The molecule has 0 saturated heterocycles. The molecule has 4 nitrogen and oxygen atoms in total. The Bertz CT molecular complexity index is 473. The molecule has 0 heterocycles. The minimum atomic E-state index is -6.03. The molecule has 0 saturated carbocycles.